The molecule has 0 saturated carbocycles. The van der Waals surface area contributed by atoms with Crippen molar-refractivity contribution in [2.75, 3.05) is 11.1 Å². The lowest BCUT2D eigenvalue weighted by Gasteiger charge is -2.07. The maximum atomic E-state index is 13.4. The van der Waals surface area contributed by atoms with Gasteiger partial charge in [0.05, 0.1) is 5.69 Å². The van der Waals surface area contributed by atoms with Gasteiger partial charge < -0.3 is 11.1 Å². The Morgan fingerprint density at radius 3 is 2.88 bits per heavy atom. The lowest BCUT2D eigenvalue weighted by molar-refractivity contribution is 0.631. The number of nitrogens with two attached hydrogens (primary N) is 1. The van der Waals surface area contributed by atoms with Crippen LogP contribution in [-0.2, 0) is 0 Å². The topological polar surface area (TPSA) is 63.8 Å². The van der Waals surface area contributed by atoms with Crippen LogP contribution >= 0.6 is 15.9 Å². The molecular weight excluding hydrogens is 275 g/mol. The molecule has 2 rings (SSSR count). The van der Waals surface area contributed by atoms with Gasteiger partial charge >= 0.3 is 0 Å². The minimum absolute atomic E-state index is 0.139. The Hall–Kier alpha value is -1.69. The molecule has 1 heterocycles. The highest BCUT2D eigenvalue weighted by atomic mass is 79.9. The van der Waals surface area contributed by atoms with Crippen molar-refractivity contribution in [3.05, 3.63) is 40.8 Å². The second kappa shape index (κ2) is 4.44. The largest absolute Gasteiger partial charge is 0.368 e. The van der Waals surface area contributed by atoms with Gasteiger partial charge in [-0.2, -0.15) is 4.98 Å². The maximum Gasteiger partial charge on any atom is 0.221 e. The van der Waals surface area contributed by atoms with Crippen molar-refractivity contribution in [1.82, 2.24) is 9.97 Å². The number of benzene rings is 1. The minimum atomic E-state index is -0.361. The third-order valence-electron chi connectivity index (χ3n) is 1.87. The summed E-state index contributed by atoms with van der Waals surface area (Å²) in [4.78, 5) is 7.66. The van der Waals surface area contributed by atoms with Gasteiger partial charge in [-0.25, -0.2) is 9.37 Å². The number of hydrogen-bond acceptors (Lipinski definition) is 4. The molecule has 3 N–H and O–H groups in total. The maximum absolute atomic E-state index is 13.4. The Kier molecular flexibility index (Phi) is 3.00. The van der Waals surface area contributed by atoms with Crippen molar-refractivity contribution in [1.29, 1.82) is 0 Å². The SMILES string of the molecule is Nc1nccc(Nc2cc(Br)ccc2F)n1. The number of rotatable bonds is 2. The van der Waals surface area contributed by atoms with Crippen LogP contribution in [0.25, 0.3) is 0 Å². The standard InChI is InChI=1S/C10H8BrFN4/c11-6-1-2-7(12)8(5-6)15-9-3-4-14-10(13)16-9/h1-5H,(H3,13,14,15,16). The second-order valence-corrected chi connectivity index (χ2v) is 3.96. The van der Waals surface area contributed by atoms with Gasteiger partial charge in [-0.3, -0.25) is 0 Å². The first-order valence-electron chi connectivity index (χ1n) is 4.46. The first-order valence-corrected chi connectivity index (χ1v) is 5.25. The Bertz CT molecular complexity index is 518. The third-order valence-corrected chi connectivity index (χ3v) is 2.36. The molecule has 0 aliphatic heterocycles. The zero-order valence-electron chi connectivity index (χ0n) is 8.11. The van der Waals surface area contributed by atoms with Crippen LogP contribution in [0.5, 0.6) is 0 Å². The molecule has 0 aliphatic carbocycles. The average Bonchev–Trinajstić information content (AvgIpc) is 2.24. The predicted octanol–water partition coefficient (Wildman–Crippen LogP) is 2.70. The van der Waals surface area contributed by atoms with E-state index < -0.39 is 0 Å². The molecule has 4 nitrogen and oxygen atoms in total. The number of anilines is 3. The van der Waals surface area contributed by atoms with Gasteiger partial charge in [0.15, 0.2) is 0 Å². The summed E-state index contributed by atoms with van der Waals surface area (Å²) in [6, 6.07) is 6.20. The van der Waals surface area contributed by atoms with Gasteiger partial charge in [0.2, 0.25) is 5.95 Å². The molecule has 2 aromatic rings. The number of nitrogens with zero attached hydrogens (tertiary/aromatic N) is 2. The zero-order chi connectivity index (χ0) is 11.5. The molecular formula is C10H8BrFN4. The van der Waals surface area contributed by atoms with E-state index in [9.17, 15) is 4.39 Å². The highest BCUT2D eigenvalue weighted by Gasteiger charge is 2.04. The van der Waals surface area contributed by atoms with Crippen LogP contribution in [0.1, 0.15) is 0 Å². The van der Waals surface area contributed by atoms with Gasteiger partial charge in [-0.1, -0.05) is 15.9 Å². The second-order valence-electron chi connectivity index (χ2n) is 3.05. The van der Waals surface area contributed by atoms with Gasteiger partial charge in [0.1, 0.15) is 11.6 Å². The molecule has 1 aromatic carbocycles. The fourth-order valence-corrected chi connectivity index (χ4v) is 1.54. The molecule has 0 amide bonds. The molecule has 0 fully saturated rings. The van der Waals surface area contributed by atoms with E-state index in [-0.39, 0.29) is 11.8 Å². The minimum Gasteiger partial charge on any atom is -0.368 e. The molecule has 82 valence electrons. The van der Waals surface area contributed by atoms with E-state index in [1.165, 1.54) is 12.3 Å². The van der Waals surface area contributed by atoms with Crippen LogP contribution in [0.4, 0.5) is 21.8 Å². The van der Waals surface area contributed by atoms with Gasteiger partial charge in [0, 0.05) is 10.7 Å². The number of nitrogens with one attached hydrogen (secondary N) is 1. The van der Waals surface area contributed by atoms with Crippen molar-refractivity contribution in [2.24, 2.45) is 0 Å². The number of nitrogen functional groups attached to an aromatic ring is 1. The summed E-state index contributed by atoms with van der Waals surface area (Å²) in [6.45, 7) is 0. The van der Waals surface area contributed by atoms with Crippen molar-refractivity contribution < 1.29 is 4.39 Å². The van der Waals surface area contributed by atoms with E-state index in [4.69, 9.17) is 5.73 Å². The van der Waals surface area contributed by atoms with Crippen molar-refractivity contribution >= 4 is 33.4 Å². The number of aromatic nitrogens is 2. The van der Waals surface area contributed by atoms with Crippen LogP contribution in [0, 0.1) is 5.82 Å². The molecule has 0 spiro atoms. The van der Waals surface area contributed by atoms with Crippen molar-refractivity contribution in [2.45, 2.75) is 0 Å². The van der Waals surface area contributed by atoms with E-state index in [1.54, 1.807) is 18.2 Å². The lowest BCUT2D eigenvalue weighted by Crippen LogP contribution is -2.00. The Balaban J connectivity index is 2.30. The summed E-state index contributed by atoms with van der Waals surface area (Å²) in [7, 11) is 0. The van der Waals surface area contributed by atoms with E-state index >= 15 is 0 Å². The normalized spacial score (nSPS) is 10.1. The first kappa shape index (κ1) is 10.8. The summed E-state index contributed by atoms with van der Waals surface area (Å²) in [5.41, 5.74) is 5.74. The molecule has 6 heteroatoms. The van der Waals surface area contributed by atoms with E-state index in [0.717, 1.165) is 4.47 Å². The zero-order valence-corrected chi connectivity index (χ0v) is 9.70. The quantitative estimate of drug-likeness (QED) is 0.889. The third kappa shape index (κ3) is 2.46. The van der Waals surface area contributed by atoms with E-state index in [1.807, 2.05) is 0 Å². The van der Waals surface area contributed by atoms with E-state index in [2.05, 4.69) is 31.2 Å². The highest BCUT2D eigenvalue weighted by molar-refractivity contribution is 9.10. The summed E-state index contributed by atoms with van der Waals surface area (Å²) in [5.74, 6) is 0.227. The van der Waals surface area contributed by atoms with Gasteiger partial charge in [-0.15, -0.1) is 0 Å². The molecule has 16 heavy (non-hydrogen) atoms. The lowest BCUT2D eigenvalue weighted by atomic mass is 10.3. The predicted molar refractivity (Wildman–Crippen MR) is 63.8 cm³/mol. The summed E-state index contributed by atoms with van der Waals surface area (Å²) in [6.07, 6.45) is 1.50. The molecule has 0 saturated heterocycles. The highest BCUT2D eigenvalue weighted by Crippen LogP contribution is 2.22. The van der Waals surface area contributed by atoms with Crippen LogP contribution in [0.3, 0.4) is 0 Å². The molecule has 0 bridgehead atoms. The molecule has 0 radical (unpaired) electrons. The van der Waals surface area contributed by atoms with Crippen LogP contribution in [-0.4, -0.2) is 9.97 Å². The fraction of sp³-hybridized carbons (Fsp3) is 0. The Morgan fingerprint density at radius 2 is 2.12 bits per heavy atom. The smallest absolute Gasteiger partial charge is 0.221 e. The van der Waals surface area contributed by atoms with Crippen molar-refractivity contribution in [3.63, 3.8) is 0 Å². The summed E-state index contributed by atoms with van der Waals surface area (Å²) < 4.78 is 14.2. The molecule has 0 atom stereocenters. The Morgan fingerprint density at radius 1 is 1.31 bits per heavy atom. The first-order chi connectivity index (χ1) is 7.65. The summed E-state index contributed by atoms with van der Waals surface area (Å²) >= 11 is 3.26. The molecule has 0 aliphatic rings. The summed E-state index contributed by atoms with van der Waals surface area (Å²) in [5, 5.41) is 2.82. The fourth-order valence-electron chi connectivity index (χ4n) is 1.17. The van der Waals surface area contributed by atoms with Gasteiger partial charge in [-0.05, 0) is 24.3 Å². The van der Waals surface area contributed by atoms with Gasteiger partial charge in [0.25, 0.3) is 0 Å². The number of hydrogen-bond donors (Lipinski definition) is 2. The monoisotopic (exact) mass is 282 g/mol. The van der Waals surface area contributed by atoms with Crippen LogP contribution < -0.4 is 11.1 Å². The van der Waals surface area contributed by atoms with Crippen LogP contribution in [0.15, 0.2) is 34.9 Å². The number of halogens is 2. The molecule has 0 unspecified atom stereocenters. The average molecular weight is 283 g/mol. The van der Waals surface area contributed by atoms with Crippen molar-refractivity contribution in [3.8, 4) is 0 Å². The molecule has 1 aromatic heterocycles. The van der Waals surface area contributed by atoms with Crippen LogP contribution in [0.2, 0.25) is 0 Å². The van der Waals surface area contributed by atoms with E-state index in [0.29, 0.717) is 11.5 Å². The Labute approximate surface area is 99.9 Å².